The van der Waals surface area contributed by atoms with Crippen LogP contribution in [0.1, 0.15) is 53.4 Å². The molecule has 3 N–H and O–H groups in total. The van der Waals surface area contributed by atoms with E-state index >= 15 is 0 Å². The van der Waals surface area contributed by atoms with Gasteiger partial charge in [0.2, 0.25) is 17.4 Å². The quantitative estimate of drug-likeness (QED) is 0.266. The number of rotatable bonds is 2. The Bertz CT molecular complexity index is 914. The molecule has 0 aromatic carbocycles. The van der Waals surface area contributed by atoms with Crippen molar-refractivity contribution in [1.29, 1.82) is 0 Å². The van der Waals surface area contributed by atoms with Crippen LogP contribution in [0.5, 0.6) is 0 Å². The Balaban J connectivity index is 2.09. The standard InChI is InChI=1S/C22H28O8/c1-10(2)13-16(24)15-14(18(26)17(13)25)21-7-5-6-20(4,9-29-19(21)27)12(21)8-22(15,28)30-11(3)23/h10,12,19,24,27-28H,5-9H2,1-4H3/t12-,19?,20+,21+,22-/m0/s1. The van der Waals surface area contributed by atoms with Crippen molar-refractivity contribution in [2.75, 3.05) is 6.61 Å². The van der Waals surface area contributed by atoms with Crippen molar-refractivity contribution in [3.8, 4) is 0 Å². The number of ketones is 2. The van der Waals surface area contributed by atoms with E-state index in [9.17, 15) is 29.7 Å². The number of carbonyl (C=O) groups excluding carboxylic acids is 3. The number of Topliss-reactive ketones (excluding diaryl/α,β-unsaturated/α-hetero) is 2. The number of allylic oxidation sites excluding steroid dienone is 1. The molecule has 1 saturated heterocycles. The van der Waals surface area contributed by atoms with Crippen LogP contribution >= 0.6 is 0 Å². The van der Waals surface area contributed by atoms with E-state index in [1.165, 1.54) is 0 Å². The van der Waals surface area contributed by atoms with Gasteiger partial charge in [0.25, 0.3) is 0 Å². The summed E-state index contributed by atoms with van der Waals surface area (Å²) in [4.78, 5) is 38.3. The van der Waals surface area contributed by atoms with Gasteiger partial charge in [-0.05, 0) is 30.1 Å². The number of aliphatic hydroxyl groups is 3. The van der Waals surface area contributed by atoms with Crippen molar-refractivity contribution < 1.29 is 39.2 Å². The van der Waals surface area contributed by atoms with Crippen LogP contribution in [0.4, 0.5) is 0 Å². The Hall–Kier alpha value is -2.03. The summed E-state index contributed by atoms with van der Waals surface area (Å²) in [5, 5.41) is 33.6. The maximum atomic E-state index is 13.4. The summed E-state index contributed by atoms with van der Waals surface area (Å²) in [6, 6.07) is 0. The average Bonchev–Trinajstić information content (AvgIpc) is 2.62. The molecule has 2 bridgehead atoms. The van der Waals surface area contributed by atoms with Crippen molar-refractivity contribution in [3.05, 3.63) is 22.5 Å². The number of carbonyl (C=O) groups is 3. The molecule has 1 heterocycles. The van der Waals surface area contributed by atoms with Gasteiger partial charge in [-0.2, -0.15) is 0 Å². The normalized spacial score (nSPS) is 41.0. The summed E-state index contributed by atoms with van der Waals surface area (Å²) in [5.41, 5.74) is -2.37. The molecule has 5 atom stereocenters. The first-order chi connectivity index (χ1) is 13.9. The minimum absolute atomic E-state index is 0.112. The SMILES string of the molecule is CC(=O)O[C@@]1(O)C[C@H]2[C@]3(C)CCC[C@@]2(C2=C1C(O)=C(C(C)C)C(=O)C2=O)C(O)OC3. The molecule has 3 aliphatic carbocycles. The molecular weight excluding hydrogens is 392 g/mol. The molecule has 164 valence electrons. The minimum atomic E-state index is -2.29. The molecule has 4 rings (SSSR count). The molecule has 8 nitrogen and oxygen atoms in total. The van der Waals surface area contributed by atoms with Gasteiger partial charge < -0.3 is 24.8 Å². The van der Waals surface area contributed by atoms with Crippen LogP contribution in [0.25, 0.3) is 0 Å². The van der Waals surface area contributed by atoms with Gasteiger partial charge in [-0.1, -0.05) is 27.2 Å². The maximum Gasteiger partial charge on any atom is 0.305 e. The van der Waals surface area contributed by atoms with Crippen molar-refractivity contribution >= 4 is 17.5 Å². The van der Waals surface area contributed by atoms with E-state index in [2.05, 4.69) is 0 Å². The monoisotopic (exact) mass is 420 g/mol. The van der Waals surface area contributed by atoms with Crippen molar-refractivity contribution in [3.63, 3.8) is 0 Å². The fraction of sp³-hybridized carbons (Fsp3) is 0.682. The van der Waals surface area contributed by atoms with Crippen molar-refractivity contribution in [1.82, 2.24) is 0 Å². The highest BCUT2D eigenvalue weighted by atomic mass is 16.7. The molecule has 1 aliphatic heterocycles. The highest BCUT2D eigenvalue weighted by molar-refractivity contribution is 6.50. The van der Waals surface area contributed by atoms with Gasteiger partial charge in [-0.25, -0.2) is 0 Å². The zero-order valence-corrected chi connectivity index (χ0v) is 17.7. The molecule has 0 aromatic heterocycles. The molecular formula is C22H28O8. The van der Waals surface area contributed by atoms with E-state index in [1.54, 1.807) is 13.8 Å². The second-order valence-corrected chi connectivity index (χ2v) is 9.67. The largest absolute Gasteiger partial charge is 0.507 e. The Morgan fingerprint density at radius 1 is 1.20 bits per heavy atom. The summed E-state index contributed by atoms with van der Waals surface area (Å²) < 4.78 is 11.0. The topological polar surface area (TPSA) is 130 Å². The predicted octanol–water partition coefficient (Wildman–Crippen LogP) is 1.70. The predicted molar refractivity (Wildman–Crippen MR) is 103 cm³/mol. The Morgan fingerprint density at radius 2 is 1.87 bits per heavy atom. The van der Waals surface area contributed by atoms with Crippen LogP contribution in [-0.4, -0.2) is 51.5 Å². The number of hydrogen-bond donors (Lipinski definition) is 3. The van der Waals surface area contributed by atoms with Gasteiger partial charge in [0.15, 0.2) is 6.29 Å². The molecule has 4 aliphatic rings. The maximum absolute atomic E-state index is 13.4. The molecule has 2 fully saturated rings. The van der Waals surface area contributed by atoms with E-state index < -0.39 is 58.0 Å². The van der Waals surface area contributed by atoms with Crippen molar-refractivity contribution in [2.45, 2.75) is 65.5 Å². The van der Waals surface area contributed by atoms with Gasteiger partial charge >= 0.3 is 5.97 Å². The third-order valence-corrected chi connectivity index (χ3v) is 7.46. The van der Waals surface area contributed by atoms with Crippen LogP contribution in [-0.2, 0) is 23.9 Å². The Kier molecular flexibility index (Phi) is 4.58. The van der Waals surface area contributed by atoms with Crippen LogP contribution in [0.3, 0.4) is 0 Å². The third-order valence-electron chi connectivity index (χ3n) is 7.46. The smallest absolute Gasteiger partial charge is 0.305 e. The third kappa shape index (κ3) is 2.53. The van der Waals surface area contributed by atoms with Crippen LogP contribution in [0, 0.1) is 22.7 Å². The van der Waals surface area contributed by atoms with Gasteiger partial charge in [0.05, 0.1) is 17.6 Å². The van der Waals surface area contributed by atoms with Gasteiger partial charge in [-0.15, -0.1) is 0 Å². The Labute approximate surface area is 174 Å². The average molecular weight is 420 g/mol. The van der Waals surface area contributed by atoms with Gasteiger partial charge in [0, 0.05) is 24.5 Å². The van der Waals surface area contributed by atoms with Gasteiger partial charge in [-0.3, -0.25) is 14.4 Å². The van der Waals surface area contributed by atoms with E-state index in [0.717, 1.165) is 13.3 Å². The molecule has 8 heteroatoms. The minimum Gasteiger partial charge on any atom is -0.507 e. The molecule has 1 saturated carbocycles. The molecule has 30 heavy (non-hydrogen) atoms. The number of hydrogen-bond acceptors (Lipinski definition) is 8. The first-order valence-electron chi connectivity index (χ1n) is 10.4. The molecule has 0 aromatic rings. The summed E-state index contributed by atoms with van der Waals surface area (Å²) in [6.07, 6.45) is 0.268. The van der Waals surface area contributed by atoms with Gasteiger partial charge in [0.1, 0.15) is 5.76 Å². The fourth-order valence-corrected chi connectivity index (χ4v) is 6.27. The first-order valence-corrected chi connectivity index (χ1v) is 10.4. The van der Waals surface area contributed by atoms with E-state index in [-0.39, 0.29) is 29.7 Å². The molecule has 0 radical (unpaired) electrons. The summed E-state index contributed by atoms with van der Waals surface area (Å²) in [6.45, 7) is 6.58. The van der Waals surface area contributed by atoms with Crippen LogP contribution in [0.15, 0.2) is 22.5 Å². The number of aliphatic hydroxyl groups excluding tert-OH is 2. The second-order valence-electron chi connectivity index (χ2n) is 9.67. The second kappa shape index (κ2) is 6.48. The lowest BCUT2D eigenvalue weighted by Gasteiger charge is -2.63. The highest BCUT2D eigenvalue weighted by Gasteiger charge is 2.69. The van der Waals surface area contributed by atoms with E-state index in [4.69, 9.17) is 9.47 Å². The summed E-state index contributed by atoms with van der Waals surface area (Å²) in [5.74, 6) is -6.38. The fourth-order valence-electron chi connectivity index (χ4n) is 6.27. The van der Waals surface area contributed by atoms with Crippen LogP contribution in [0.2, 0.25) is 0 Å². The van der Waals surface area contributed by atoms with E-state index in [1.807, 2.05) is 6.92 Å². The van der Waals surface area contributed by atoms with E-state index in [0.29, 0.717) is 12.8 Å². The highest BCUT2D eigenvalue weighted by Crippen LogP contribution is 2.67. The lowest BCUT2D eigenvalue weighted by Crippen LogP contribution is -2.66. The molecule has 1 unspecified atom stereocenters. The Morgan fingerprint density at radius 3 is 2.47 bits per heavy atom. The summed E-state index contributed by atoms with van der Waals surface area (Å²) >= 11 is 0. The zero-order chi connectivity index (χ0) is 22.2. The molecule has 0 spiro atoms. The summed E-state index contributed by atoms with van der Waals surface area (Å²) in [7, 11) is 0. The first kappa shape index (κ1) is 21.2. The lowest BCUT2D eigenvalue weighted by atomic mass is 9.45. The molecule has 0 amide bonds. The number of esters is 1. The number of ether oxygens (including phenoxy) is 2. The lowest BCUT2D eigenvalue weighted by molar-refractivity contribution is -0.297. The van der Waals surface area contributed by atoms with Crippen LogP contribution < -0.4 is 0 Å². The zero-order valence-electron chi connectivity index (χ0n) is 17.7. The van der Waals surface area contributed by atoms with Crippen molar-refractivity contribution in [2.24, 2.45) is 22.7 Å².